The Morgan fingerprint density at radius 2 is 2.27 bits per heavy atom. The van der Waals surface area contributed by atoms with Crippen molar-refractivity contribution in [1.29, 1.82) is 0 Å². The third-order valence-corrected chi connectivity index (χ3v) is 1.95. The van der Waals surface area contributed by atoms with Gasteiger partial charge in [-0.05, 0) is 24.6 Å². The molecule has 2 rings (SSSR count). The number of aryl methyl sites for hydroxylation is 1. The number of aromatic nitrogens is 1. The second kappa shape index (κ2) is 4.04. The van der Waals surface area contributed by atoms with Gasteiger partial charge in [0.2, 0.25) is 5.88 Å². The predicted octanol–water partition coefficient (Wildman–Crippen LogP) is 2.14. The van der Waals surface area contributed by atoms with Crippen LogP contribution < -0.4 is 10.5 Å². The summed E-state index contributed by atoms with van der Waals surface area (Å²) in [5.41, 5.74) is 7.24. The van der Waals surface area contributed by atoms with Crippen molar-refractivity contribution in [2.45, 2.75) is 13.5 Å². The lowest BCUT2D eigenvalue weighted by Crippen LogP contribution is -1.95. The van der Waals surface area contributed by atoms with Gasteiger partial charge in [-0.2, -0.15) is 0 Å². The first-order chi connectivity index (χ1) is 7.24. The van der Waals surface area contributed by atoms with Crippen LogP contribution in [0.1, 0.15) is 11.3 Å². The van der Waals surface area contributed by atoms with E-state index in [0.717, 1.165) is 11.3 Å². The molecule has 2 N–H and O–H groups in total. The molecular formula is C11H12N2O2. The van der Waals surface area contributed by atoms with Crippen molar-refractivity contribution in [2.24, 2.45) is 0 Å². The van der Waals surface area contributed by atoms with E-state index in [1.165, 1.54) is 0 Å². The molecule has 4 nitrogen and oxygen atoms in total. The molecule has 1 aromatic carbocycles. The molecule has 15 heavy (non-hydrogen) atoms. The predicted molar refractivity (Wildman–Crippen MR) is 56.4 cm³/mol. The second-order valence-electron chi connectivity index (χ2n) is 3.33. The first kappa shape index (κ1) is 9.58. The SMILES string of the molecule is Cc1cccc(OCc2cc(N)on2)c1. The summed E-state index contributed by atoms with van der Waals surface area (Å²) in [4.78, 5) is 0. The number of anilines is 1. The van der Waals surface area contributed by atoms with Gasteiger partial charge in [-0.1, -0.05) is 17.3 Å². The van der Waals surface area contributed by atoms with Gasteiger partial charge in [0.25, 0.3) is 0 Å². The lowest BCUT2D eigenvalue weighted by Gasteiger charge is -2.03. The minimum atomic E-state index is 0.304. The number of hydrogen-bond acceptors (Lipinski definition) is 4. The molecule has 0 amide bonds. The fourth-order valence-corrected chi connectivity index (χ4v) is 1.26. The molecule has 0 saturated heterocycles. The van der Waals surface area contributed by atoms with E-state index in [0.29, 0.717) is 18.2 Å². The zero-order chi connectivity index (χ0) is 10.7. The van der Waals surface area contributed by atoms with Crippen LogP contribution in [0.5, 0.6) is 5.75 Å². The summed E-state index contributed by atoms with van der Waals surface area (Å²) < 4.78 is 10.2. The Labute approximate surface area is 87.6 Å². The molecule has 4 heteroatoms. The second-order valence-corrected chi connectivity index (χ2v) is 3.33. The first-order valence-electron chi connectivity index (χ1n) is 4.64. The Hall–Kier alpha value is -1.97. The number of hydrogen-bond donors (Lipinski definition) is 1. The lowest BCUT2D eigenvalue weighted by molar-refractivity contribution is 0.290. The fourth-order valence-electron chi connectivity index (χ4n) is 1.26. The minimum absolute atomic E-state index is 0.304. The summed E-state index contributed by atoms with van der Waals surface area (Å²) in [5.74, 6) is 1.12. The number of benzene rings is 1. The molecule has 0 bridgehead atoms. The quantitative estimate of drug-likeness (QED) is 0.832. The largest absolute Gasteiger partial charge is 0.487 e. The van der Waals surface area contributed by atoms with E-state index >= 15 is 0 Å². The van der Waals surface area contributed by atoms with Gasteiger partial charge < -0.3 is 15.0 Å². The Morgan fingerprint density at radius 3 is 2.93 bits per heavy atom. The Kier molecular flexibility index (Phi) is 2.58. The summed E-state index contributed by atoms with van der Waals surface area (Å²) in [6.07, 6.45) is 0. The van der Waals surface area contributed by atoms with Gasteiger partial charge in [0, 0.05) is 6.07 Å². The average molecular weight is 204 g/mol. The monoisotopic (exact) mass is 204 g/mol. The fraction of sp³-hybridized carbons (Fsp3) is 0.182. The van der Waals surface area contributed by atoms with Crippen molar-refractivity contribution in [3.8, 4) is 5.75 Å². The molecule has 0 spiro atoms. The van der Waals surface area contributed by atoms with Crippen LogP contribution >= 0.6 is 0 Å². The van der Waals surface area contributed by atoms with E-state index in [9.17, 15) is 0 Å². The molecule has 2 aromatic rings. The van der Waals surface area contributed by atoms with Crippen LogP contribution in [-0.4, -0.2) is 5.16 Å². The molecule has 78 valence electrons. The molecule has 0 aliphatic heterocycles. The highest BCUT2D eigenvalue weighted by molar-refractivity contribution is 5.28. The zero-order valence-electron chi connectivity index (χ0n) is 8.43. The third kappa shape index (κ3) is 2.49. The molecule has 0 atom stereocenters. The minimum Gasteiger partial charge on any atom is -0.487 e. The third-order valence-electron chi connectivity index (χ3n) is 1.95. The lowest BCUT2D eigenvalue weighted by atomic mass is 10.2. The van der Waals surface area contributed by atoms with E-state index in [-0.39, 0.29) is 0 Å². The Morgan fingerprint density at radius 1 is 1.40 bits per heavy atom. The molecule has 0 radical (unpaired) electrons. The van der Waals surface area contributed by atoms with Crippen molar-refractivity contribution in [1.82, 2.24) is 5.16 Å². The number of nitrogens with two attached hydrogens (primary N) is 1. The van der Waals surface area contributed by atoms with Crippen molar-refractivity contribution in [3.63, 3.8) is 0 Å². The van der Waals surface area contributed by atoms with Gasteiger partial charge in [-0.25, -0.2) is 0 Å². The Balaban J connectivity index is 1.99. The molecule has 0 aliphatic rings. The van der Waals surface area contributed by atoms with Gasteiger partial charge in [-0.3, -0.25) is 0 Å². The van der Waals surface area contributed by atoms with Crippen molar-refractivity contribution < 1.29 is 9.26 Å². The number of nitrogen functional groups attached to an aromatic ring is 1. The van der Waals surface area contributed by atoms with Gasteiger partial charge >= 0.3 is 0 Å². The Bertz CT molecular complexity index is 451. The molecule has 0 saturated carbocycles. The topological polar surface area (TPSA) is 61.3 Å². The molecular weight excluding hydrogens is 192 g/mol. The maximum atomic E-state index is 5.51. The van der Waals surface area contributed by atoms with Crippen molar-refractivity contribution in [2.75, 3.05) is 5.73 Å². The summed E-state index contributed by atoms with van der Waals surface area (Å²) in [6.45, 7) is 2.38. The number of nitrogens with zero attached hydrogens (tertiary/aromatic N) is 1. The smallest absolute Gasteiger partial charge is 0.222 e. The van der Waals surface area contributed by atoms with Crippen LogP contribution in [0.25, 0.3) is 0 Å². The average Bonchev–Trinajstić information content (AvgIpc) is 2.62. The maximum Gasteiger partial charge on any atom is 0.222 e. The molecule has 1 aromatic heterocycles. The van der Waals surface area contributed by atoms with E-state index < -0.39 is 0 Å². The normalized spacial score (nSPS) is 10.2. The van der Waals surface area contributed by atoms with Crippen LogP contribution in [0, 0.1) is 6.92 Å². The highest BCUT2D eigenvalue weighted by Gasteiger charge is 2.01. The molecule has 0 unspecified atom stereocenters. The molecule has 0 aliphatic carbocycles. The van der Waals surface area contributed by atoms with Crippen LogP contribution in [0.15, 0.2) is 34.9 Å². The first-order valence-corrected chi connectivity index (χ1v) is 4.64. The van der Waals surface area contributed by atoms with Gasteiger partial charge in [0.1, 0.15) is 18.1 Å². The highest BCUT2D eigenvalue weighted by atomic mass is 16.5. The summed E-state index contributed by atoms with van der Waals surface area (Å²) in [5, 5.41) is 3.73. The van der Waals surface area contributed by atoms with Gasteiger partial charge in [-0.15, -0.1) is 0 Å². The summed E-state index contributed by atoms with van der Waals surface area (Å²) >= 11 is 0. The summed E-state index contributed by atoms with van der Waals surface area (Å²) in [7, 11) is 0. The van der Waals surface area contributed by atoms with Crippen molar-refractivity contribution in [3.05, 3.63) is 41.6 Å². The maximum absolute atomic E-state index is 5.51. The highest BCUT2D eigenvalue weighted by Crippen LogP contribution is 2.14. The number of rotatable bonds is 3. The van der Waals surface area contributed by atoms with Crippen LogP contribution in [0.3, 0.4) is 0 Å². The van der Waals surface area contributed by atoms with E-state index in [2.05, 4.69) is 5.16 Å². The zero-order valence-corrected chi connectivity index (χ0v) is 8.43. The van der Waals surface area contributed by atoms with E-state index in [1.807, 2.05) is 31.2 Å². The molecule has 1 heterocycles. The number of ether oxygens (including phenoxy) is 1. The van der Waals surface area contributed by atoms with Crippen LogP contribution in [0.4, 0.5) is 5.88 Å². The van der Waals surface area contributed by atoms with E-state index in [1.54, 1.807) is 6.07 Å². The van der Waals surface area contributed by atoms with Gasteiger partial charge in [0.15, 0.2) is 0 Å². The summed E-state index contributed by atoms with van der Waals surface area (Å²) in [6, 6.07) is 9.47. The van der Waals surface area contributed by atoms with Gasteiger partial charge in [0.05, 0.1) is 0 Å². The van der Waals surface area contributed by atoms with Crippen molar-refractivity contribution >= 4 is 5.88 Å². The van der Waals surface area contributed by atoms with Crippen LogP contribution in [-0.2, 0) is 6.61 Å². The van der Waals surface area contributed by atoms with Crippen LogP contribution in [0.2, 0.25) is 0 Å². The standard InChI is InChI=1S/C11H12N2O2/c1-8-3-2-4-10(5-8)14-7-9-6-11(12)15-13-9/h2-6H,7,12H2,1H3. The molecule has 0 fully saturated rings. The van der Waals surface area contributed by atoms with E-state index in [4.69, 9.17) is 15.0 Å².